The Kier molecular flexibility index (Phi) is 5.06. The van der Waals surface area contributed by atoms with Gasteiger partial charge in [0.2, 0.25) is 0 Å². The lowest BCUT2D eigenvalue weighted by atomic mass is 10.1. The summed E-state index contributed by atoms with van der Waals surface area (Å²) >= 11 is 5.51. The van der Waals surface area contributed by atoms with Gasteiger partial charge in [0.15, 0.2) is 0 Å². The number of amides is 1. The molecule has 0 aliphatic heterocycles. The lowest BCUT2D eigenvalue weighted by Crippen LogP contribution is -2.41. The van der Waals surface area contributed by atoms with Crippen LogP contribution in [0.4, 0.5) is 4.39 Å². The second kappa shape index (κ2) is 6.32. The van der Waals surface area contributed by atoms with E-state index in [2.05, 4.69) is 5.32 Å². The Hall–Kier alpha value is -1.66. The molecule has 98 valence electrons. The van der Waals surface area contributed by atoms with Crippen LogP contribution in [-0.4, -0.2) is 34.7 Å². The maximum absolute atomic E-state index is 12.9. The van der Waals surface area contributed by atoms with Crippen LogP contribution in [0.25, 0.3) is 0 Å². The van der Waals surface area contributed by atoms with Crippen LogP contribution in [0.3, 0.4) is 0 Å². The van der Waals surface area contributed by atoms with Crippen LogP contribution in [0.15, 0.2) is 18.2 Å². The van der Waals surface area contributed by atoms with Crippen LogP contribution in [0.1, 0.15) is 16.8 Å². The average Bonchev–Trinajstić information content (AvgIpc) is 2.31. The molecule has 0 aromatic heterocycles. The molecule has 0 aliphatic carbocycles. The number of carboxylic acid groups (broad SMARTS) is 1. The second-order valence-corrected chi connectivity index (χ2v) is 3.91. The van der Waals surface area contributed by atoms with E-state index < -0.39 is 23.7 Å². The molecule has 0 saturated heterocycles. The zero-order chi connectivity index (χ0) is 13.7. The van der Waals surface area contributed by atoms with Gasteiger partial charge in [-0.25, -0.2) is 9.18 Å². The van der Waals surface area contributed by atoms with Crippen molar-refractivity contribution in [2.75, 3.05) is 6.61 Å². The van der Waals surface area contributed by atoms with Crippen LogP contribution < -0.4 is 5.32 Å². The minimum absolute atomic E-state index is 0.0468. The molecule has 0 radical (unpaired) electrons. The normalized spacial score (nSPS) is 11.9. The number of halogens is 2. The third-order valence-electron chi connectivity index (χ3n) is 2.20. The van der Waals surface area contributed by atoms with Crippen LogP contribution in [0, 0.1) is 5.82 Å². The van der Waals surface area contributed by atoms with Crippen molar-refractivity contribution < 1.29 is 24.2 Å². The zero-order valence-corrected chi connectivity index (χ0v) is 9.95. The number of benzene rings is 1. The fourth-order valence-corrected chi connectivity index (χ4v) is 1.45. The summed E-state index contributed by atoms with van der Waals surface area (Å²) < 4.78 is 12.9. The highest BCUT2D eigenvalue weighted by Gasteiger charge is 2.20. The third-order valence-corrected chi connectivity index (χ3v) is 2.49. The minimum Gasteiger partial charge on any atom is -0.480 e. The quantitative estimate of drug-likeness (QED) is 0.749. The first-order valence-electron chi connectivity index (χ1n) is 5.05. The molecule has 0 unspecified atom stereocenters. The molecule has 3 N–H and O–H groups in total. The van der Waals surface area contributed by atoms with Crippen LogP contribution in [0.2, 0.25) is 5.02 Å². The molecular formula is C11H11ClFNO4. The maximum atomic E-state index is 12.9. The highest BCUT2D eigenvalue weighted by molar-refractivity contribution is 6.31. The average molecular weight is 276 g/mol. The van der Waals surface area contributed by atoms with Crippen molar-refractivity contribution in [2.24, 2.45) is 0 Å². The van der Waals surface area contributed by atoms with E-state index >= 15 is 0 Å². The Bertz CT molecular complexity index is 466. The van der Waals surface area contributed by atoms with E-state index in [0.717, 1.165) is 12.1 Å². The largest absolute Gasteiger partial charge is 0.480 e. The van der Waals surface area contributed by atoms with Gasteiger partial charge in [-0.05, 0) is 18.2 Å². The Labute approximate surface area is 107 Å². The molecule has 7 heteroatoms. The molecule has 1 aromatic carbocycles. The molecule has 1 aromatic rings. The monoisotopic (exact) mass is 275 g/mol. The minimum atomic E-state index is -1.26. The predicted octanol–water partition coefficient (Wildman–Crippen LogP) is 1.04. The van der Waals surface area contributed by atoms with E-state index in [9.17, 15) is 14.0 Å². The van der Waals surface area contributed by atoms with Gasteiger partial charge in [0.25, 0.3) is 5.91 Å². The molecule has 0 saturated carbocycles. The summed E-state index contributed by atoms with van der Waals surface area (Å²) in [6.45, 7) is -0.374. The van der Waals surface area contributed by atoms with E-state index in [1.54, 1.807) is 0 Å². The van der Waals surface area contributed by atoms with Gasteiger partial charge in [0, 0.05) is 18.6 Å². The molecule has 5 nitrogen and oxygen atoms in total. The number of aliphatic hydroxyl groups is 1. The highest BCUT2D eigenvalue weighted by atomic mass is 35.5. The number of hydrogen-bond acceptors (Lipinski definition) is 3. The van der Waals surface area contributed by atoms with E-state index in [1.807, 2.05) is 0 Å². The number of aliphatic carboxylic acids is 1. The van der Waals surface area contributed by atoms with Gasteiger partial charge in [-0.2, -0.15) is 0 Å². The summed E-state index contributed by atoms with van der Waals surface area (Å²) in [5, 5.41) is 19.4. The standard InChI is InChI=1S/C11H11ClFNO4/c12-7-5-6(1-2-8(7)13)10(16)14-9(3-4-15)11(17)18/h1-2,5,9,15H,3-4H2,(H,14,16)(H,17,18)/t9-/m0/s1. The van der Waals surface area contributed by atoms with Gasteiger partial charge >= 0.3 is 5.97 Å². The number of nitrogens with one attached hydrogen (secondary N) is 1. The molecule has 0 heterocycles. The molecule has 0 bridgehead atoms. The summed E-state index contributed by atoms with van der Waals surface area (Å²) in [5.41, 5.74) is 0.0468. The van der Waals surface area contributed by atoms with Gasteiger partial charge in [-0.1, -0.05) is 11.6 Å². The van der Waals surface area contributed by atoms with Crippen molar-refractivity contribution in [1.29, 1.82) is 0 Å². The first kappa shape index (κ1) is 14.4. The first-order valence-corrected chi connectivity index (χ1v) is 5.43. The number of rotatable bonds is 5. The van der Waals surface area contributed by atoms with E-state index in [-0.39, 0.29) is 23.6 Å². The van der Waals surface area contributed by atoms with Crippen LogP contribution in [-0.2, 0) is 4.79 Å². The Balaban J connectivity index is 2.80. The van der Waals surface area contributed by atoms with Crippen molar-refractivity contribution in [3.05, 3.63) is 34.6 Å². The smallest absolute Gasteiger partial charge is 0.326 e. The van der Waals surface area contributed by atoms with Crippen LogP contribution in [0.5, 0.6) is 0 Å². The van der Waals surface area contributed by atoms with Crippen molar-refractivity contribution >= 4 is 23.5 Å². The number of hydrogen-bond donors (Lipinski definition) is 3. The summed E-state index contributed by atoms with van der Waals surface area (Å²) in [4.78, 5) is 22.4. The second-order valence-electron chi connectivity index (χ2n) is 3.51. The van der Waals surface area contributed by atoms with Crippen molar-refractivity contribution in [3.8, 4) is 0 Å². The fourth-order valence-electron chi connectivity index (χ4n) is 1.27. The molecule has 1 atom stereocenters. The fraction of sp³-hybridized carbons (Fsp3) is 0.273. The molecule has 1 amide bonds. The molecule has 0 fully saturated rings. The van der Waals surface area contributed by atoms with Crippen LogP contribution >= 0.6 is 11.6 Å². The Morgan fingerprint density at radius 3 is 2.61 bits per heavy atom. The number of carbonyl (C=O) groups is 2. The van der Waals surface area contributed by atoms with Crippen molar-refractivity contribution in [1.82, 2.24) is 5.32 Å². The SMILES string of the molecule is O=C(N[C@@H](CCO)C(=O)O)c1ccc(F)c(Cl)c1. The zero-order valence-electron chi connectivity index (χ0n) is 9.19. The molecule has 0 aliphatic rings. The van der Waals surface area contributed by atoms with Gasteiger partial charge in [0.05, 0.1) is 5.02 Å². The van der Waals surface area contributed by atoms with Gasteiger partial charge in [-0.15, -0.1) is 0 Å². The summed E-state index contributed by atoms with van der Waals surface area (Å²) in [6.07, 6.45) is -0.115. The van der Waals surface area contributed by atoms with Gasteiger partial charge in [0.1, 0.15) is 11.9 Å². The third kappa shape index (κ3) is 3.68. The number of carbonyl (C=O) groups excluding carboxylic acids is 1. The molecule has 18 heavy (non-hydrogen) atoms. The van der Waals surface area contributed by atoms with Crippen molar-refractivity contribution in [2.45, 2.75) is 12.5 Å². The molecule has 1 rings (SSSR count). The van der Waals surface area contributed by atoms with Gasteiger partial charge < -0.3 is 15.5 Å². The summed E-state index contributed by atoms with van der Waals surface area (Å²) in [7, 11) is 0. The number of aliphatic hydroxyl groups excluding tert-OH is 1. The Morgan fingerprint density at radius 2 is 2.11 bits per heavy atom. The molecule has 0 spiro atoms. The van der Waals surface area contributed by atoms with Crippen molar-refractivity contribution in [3.63, 3.8) is 0 Å². The Morgan fingerprint density at radius 1 is 1.44 bits per heavy atom. The lowest BCUT2D eigenvalue weighted by molar-refractivity contribution is -0.139. The van der Waals surface area contributed by atoms with E-state index in [1.165, 1.54) is 6.07 Å². The van der Waals surface area contributed by atoms with Gasteiger partial charge in [-0.3, -0.25) is 4.79 Å². The summed E-state index contributed by atoms with van der Waals surface area (Å²) in [6, 6.07) is 2.10. The molecular weight excluding hydrogens is 265 g/mol. The highest BCUT2D eigenvalue weighted by Crippen LogP contribution is 2.16. The predicted molar refractivity (Wildman–Crippen MR) is 62.0 cm³/mol. The van der Waals surface area contributed by atoms with E-state index in [0.29, 0.717) is 0 Å². The number of carboxylic acids is 1. The lowest BCUT2D eigenvalue weighted by Gasteiger charge is -2.13. The van der Waals surface area contributed by atoms with E-state index in [4.69, 9.17) is 21.8 Å². The summed E-state index contributed by atoms with van der Waals surface area (Å²) in [5.74, 6) is -2.62. The topological polar surface area (TPSA) is 86.6 Å². The maximum Gasteiger partial charge on any atom is 0.326 e. The first-order chi connectivity index (χ1) is 8.45.